The fraction of sp³-hybridized carbons (Fsp3) is 0.500. The van der Waals surface area contributed by atoms with Crippen LogP contribution in [0.1, 0.15) is 88.8 Å². The lowest BCUT2D eigenvalue weighted by Gasteiger charge is -2.48. The van der Waals surface area contributed by atoms with Gasteiger partial charge in [0.1, 0.15) is 36.4 Å². The Morgan fingerprint density at radius 3 is 2.20 bits per heavy atom. The molecular weight excluding hydrogens is 682 g/mol. The summed E-state index contributed by atoms with van der Waals surface area (Å²) in [6.45, 7) is 8.12. The third-order valence-corrected chi connectivity index (χ3v) is 11.2. The molecule has 1 aliphatic heterocycles. The number of aromatic nitrogens is 3. The van der Waals surface area contributed by atoms with Gasteiger partial charge in [0.2, 0.25) is 5.91 Å². The molecule has 6 rings (SSSR count). The van der Waals surface area contributed by atoms with Crippen molar-refractivity contribution in [2.24, 2.45) is 17.3 Å². The first-order valence-electron chi connectivity index (χ1n) is 19.6. The molecule has 3 aromatic carbocycles. The number of benzene rings is 3. The van der Waals surface area contributed by atoms with Crippen molar-refractivity contribution < 1.29 is 23.5 Å². The summed E-state index contributed by atoms with van der Waals surface area (Å²) in [4.78, 5) is 34.1. The van der Waals surface area contributed by atoms with Crippen molar-refractivity contribution in [3.8, 4) is 5.75 Å². The number of hydrogen-bond acceptors (Lipinski definition) is 6. The summed E-state index contributed by atoms with van der Waals surface area (Å²) >= 11 is 0. The SMILES string of the molecule is CC(C)(C)OC(=O)NC(Cc1ccc(OCc2ccccc2)cc1)C[C@H](Cc1ccc(F)cc1)C(=O)N1CCC(Cn2cncn2)(C2CCCCC2)CC1. The van der Waals surface area contributed by atoms with Gasteiger partial charge < -0.3 is 19.7 Å². The van der Waals surface area contributed by atoms with Gasteiger partial charge >= 0.3 is 6.09 Å². The molecule has 2 amide bonds. The number of halogens is 1. The van der Waals surface area contributed by atoms with Crippen molar-refractivity contribution in [1.82, 2.24) is 25.0 Å². The van der Waals surface area contributed by atoms with Crippen molar-refractivity contribution in [3.05, 3.63) is 114 Å². The topological polar surface area (TPSA) is 98.6 Å². The molecule has 1 aromatic heterocycles. The molecule has 288 valence electrons. The Morgan fingerprint density at radius 1 is 0.889 bits per heavy atom. The first-order chi connectivity index (χ1) is 26.0. The summed E-state index contributed by atoms with van der Waals surface area (Å²) in [7, 11) is 0. The average molecular weight is 738 g/mol. The number of rotatable bonds is 14. The first kappa shape index (κ1) is 39.0. The Kier molecular flexibility index (Phi) is 13.0. The number of likely N-dealkylation sites (tertiary alicyclic amines) is 1. The van der Waals surface area contributed by atoms with Crippen LogP contribution in [0.2, 0.25) is 0 Å². The number of ether oxygens (including phenoxy) is 2. The lowest BCUT2D eigenvalue weighted by Crippen LogP contribution is -2.51. The molecule has 2 aliphatic rings. The van der Waals surface area contributed by atoms with E-state index in [1.165, 1.54) is 44.2 Å². The molecule has 2 fully saturated rings. The minimum absolute atomic E-state index is 0.0646. The predicted octanol–water partition coefficient (Wildman–Crippen LogP) is 8.57. The third-order valence-electron chi connectivity index (χ3n) is 11.2. The van der Waals surface area contributed by atoms with Crippen LogP contribution in [0, 0.1) is 23.1 Å². The van der Waals surface area contributed by atoms with Crippen LogP contribution in [0.5, 0.6) is 5.75 Å². The van der Waals surface area contributed by atoms with Crippen LogP contribution in [-0.2, 0) is 35.5 Å². The van der Waals surface area contributed by atoms with E-state index in [1.54, 1.807) is 18.5 Å². The second-order valence-corrected chi connectivity index (χ2v) is 16.3. The van der Waals surface area contributed by atoms with Crippen LogP contribution in [0.15, 0.2) is 91.5 Å². The van der Waals surface area contributed by atoms with Gasteiger partial charge in [0.05, 0.1) is 0 Å². The molecule has 10 heteroatoms. The van der Waals surface area contributed by atoms with Crippen LogP contribution in [0.25, 0.3) is 0 Å². The highest BCUT2D eigenvalue weighted by atomic mass is 19.1. The Labute approximate surface area is 319 Å². The molecule has 1 saturated heterocycles. The van der Waals surface area contributed by atoms with E-state index >= 15 is 0 Å². The zero-order chi connectivity index (χ0) is 38.0. The maximum atomic E-state index is 14.7. The highest BCUT2D eigenvalue weighted by Crippen LogP contribution is 2.47. The largest absolute Gasteiger partial charge is 0.489 e. The molecule has 1 unspecified atom stereocenters. The van der Waals surface area contributed by atoms with Gasteiger partial charge in [-0.15, -0.1) is 0 Å². The van der Waals surface area contributed by atoms with Gasteiger partial charge in [0.25, 0.3) is 0 Å². The van der Waals surface area contributed by atoms with E-state index in [0.29, 0.717) is 44.9 Å². The number of alkyl carbamates (subject to hydrolysis) is 1. The Morgan fingerprint density at radius 2 is 1.56 bits per heavy atom. The van der Waals surface area contributed by atoms with E-state index in [0.717, 1.165) is 41.8 Å². The summed E-state index contributed by atoms with van der Waals surface area (Å²) in [5, 5.41) is 7.58. The van der Waals surface area contributed by atoms with Gasteiger partial charge in [-0.3, -0.25) is 9.48 Å². The molecule has 4 aromatic rings. The predicted molar refractivity (Wildman–Crippen MR) is 207 cm³/mol. The molecule has 0 bridgehead atoms. The summed E-state index contributed by atoms with van der Waals surface area (Å²) in [6.07, 6.45) is 12.2. The van der Waals surface area contributed by atoms with Crippen LogP contribution in [-0.4, -0.2) is 56.4 Å². The first-order valence-corrected chi connectivity index (χ1v) is 19.6. The van der Waals surface area contributed by atoms with Crippen molar-refractivity contribution in [3.63, 3.8) is 0 Å². The minimum Gasteiger partial charge on any atom is -0.489 e. The molecule has 9 nitrogen and oxygen atoms in total. The van der Waals surface area contributed by atoms with Crippen LogP contribution in [0.4, 0.5) is 9.18 Å². The smallest absolute Gasteiger partial charge is 0.407 e. The zero-order valence-corrected chi connectivity index (χ0v) is 32.1. The highest BCUT2D eigenvalue weighted by molar-refractivity contribution is 5.79. The van der Waals surface area contributed by atoms with Gasteiger partial charge in [0, 0.05) is 31.6 Å². The van der Waals surface area contributed by atoms with Gasteiger partial charge in [-0.25, -0.2) is 14.2 Å². The summed E-state index contributed by atoms with van der Waals surface area (Å²) in [5.74, 6) is 0.659. The average Bonchev–Trinajstić information content (AvgIpc) is 3.68. The normalized spacial score (nSPS) is 17.4. The molecule has 1 N–H and O–H groups in total. The van der Waals surface area contributed by atoms with E-state index in [-0.39, 0.29) is 17.1 Å². The second-order valence-electron chi connectivity index (χ2n) is 16.3. The van der Waals surface area contributed by atoms with Crippen LogP contribution < -0.4 is 10.1 Å². The van der Waals surface area contributed by atoms with Gasteiger partial charge in [0.15, 0.2) is 0 Å². The summed E-state index contributed by atoms with van der Waals surface area (Å²) in [6, 6.07) is 23.9. The van der Waals surface area contributed by atoms with Crippen molar-refractivity contribution >= 4 is 12.0 Å². The molecule has 54 heavy (non-hydrogen) atoms. The summed E-state index contributed by atoms with van der Waals surface area (Å²) < 4.78 is 27.7. The molecule has 0 spiro atoms. The molecule has 2 heterocycles. The fourth-order valence-corrected chi connectivity index (χ4v) is 8.41. The lowest BCUT2D eigenvalue weighted by atomic mass is 9.63. The second kappa shape index (κ2) is 18.1. The quantitative estimate of drug-likeness (QED) is 0.139. The van der Waals surface area contributed by atoms with Crippen LogP contribution >= 0.6 is 0 Å². The van der Waals surface area contributed by atoms with Crippen LogP contribution in [0.3, 0.4) is 0 Å². The fourth-order valence-electron chi connectivity index (χ4n) is 8.41. The van der Waals surface area contributed by atoms with E-state index in [4.69, 9.17) is 9.47 Å². The van der Waals surface area contributed by atoms with Crippen molar-refractivity contribution in [2.75, 3.05) is 13.1 Å². The molecule has 1 aliphatic carbocycles. The monoisotopic (exact) mass is 737 g/mol. The van der Waals surface area contributed by atoms with Crippen molar-refractivity contribution in [2.45, 2.75) is 110 Å². The van der Waals surface area contributed by atoms with Gasteiger partial charge in [-0.05, 0) is 118 Å². The number of hydrogen-bond donors (Lipinski definition) is 1. The number of nitrogens with one attached hydrogen (secondary N) is 1. The Balaban J connectivity index is 1.20. The molecule has 0 radical (unpaired) electrons. The Bertz CT molecular complexity index is 1750. The van der Waals surface area contributed by atoms with Gasteiger partial charge in [-0.1, -0.05) is 73.9 Å². The number of carbonyl (C=O) groups excluding carboxylic acids is 2. The van der Waals surface area contributed by atoms with E-state index in [9.17, 15) is 14.0 Å². The number of amides is 2. The summed E-state index contributed by atoms with van der Waals surface area (Å²) in [5.41, 5.74) is 2.35. The van der Waals surface area contributed by atoms with Crippen molar-refractivity contribution in [1.29, 1.82) is 0 Å². The van der Waals surface area contributed by atoms with Gasteiger partial charge in [-0.2, -0.15) is 5.10 Å². The Hall–Kier alpha value is -4.73. The van der Waals surface area contributed by atoms with E-state index < -0.39 is 23.7 Å². The standard InChI is InChI=1S/C44H56FN5O4/c1-43(2,3)54-42(52)48-39(27-34-16-20-40(21-17-34)53-29-35-10-6-4-7-11-35)28-36(26-33-14-18-38(45)19-15-33)41(51)49-24-22-44(23-25-49,30-50-32-46-31-47-50)37-12-8-5-9-13-37/h4,6-7,10-11,14-21,31-32,36-37,39H,5,8-9,12-13,22-30H2,1-3H3,(H,48,52)/t36-,39?/m0/s1. The molecule has 1 saturated carbocycles. The molecular formula is C44H56FN5O4. The number of piperidine rings is 1. The highest BCUT2D eigenvalue weighted by Gasteiger charge is 2.44. The zero-order valence-electron chi connectivity index (χ0n) is 32.1. The minimum atomic E-state index is -0.680. The lowest BCUT2D eigenvalue weighted by molar-refractivity contribution is -0.139. The number of carbonyl (C=O) groups is 2. The maximum absolute atomic E-state index is 14.7. The van der Waals surface area contributed by atoms with E-state index in [2.05, 4.69) is 15.4 Å². The van der Waals surface area contributed by atoms with E-state index in [1.807, 2.05) is 91.3 Å². The number of nitrogens with zero attached hydrogens (tertiary/aromatic N) is 4. The third kappa shape index (κ3) is 11.1. The maximum Gasteiger partial charge on any atom is 0.407 e. The molecule has 2 atom stereocenters.